The first-order chi connectivity index (χ1) is 7.76. The molecule has 0 saturated carbocycles. The molecule has 2 heteroatoms. The predicted octanol–water partition coefficient (Wildman–Crippen LogP) is 2.64. The van der Waals surface area contributed by atoms with E-state index in [-0.39, 0.29) is 0 Å². The number of hydrogen-bond acceptors (Lipinski definition) is 2. The maximum Gasteiger partial charge on any atom is 0.0863 e. The van der Waals surface area contributed by atoms with E-state index in [1.807, 2.05) is 11.9 Å². The van der Waals surface area contributed by atoms with Gasteiger partial charge in [-0.25, -0.2) is 0 Å². The smallest absolute Gasteiger partial charge is 0.0863 e. The summed E-state index contributed by atoms with van der Waals surface area (Å²) in [4.78, 5) is 2.04. The molecule has 0 atom stereocenters. The SMILES string of the molecule is CCCc1ccc(CCN(C)CC#N)cc1. The van der Waals surface area contributed by atoms with Crippen molar-refractivity contribution in [2.24, 2.45) is 0 Å². The summed E-state index contributed by atoms with van der Waals surface area (Å²) in [5, 5.41) is 8.54. The molecule has 1 aromatic carbocycles. The van der Waals surface area contributed by atoms with Gasteiger partial charge in [0.25, 0.3) is 0 Å². The van der Waals surface area contributed by atoms with Crippen molar-refractivity contribution in [3.8, 4) is 6.07 Å². The van der Waals surface area contributed by atoms with E-state index in [0.29, 0.717) is 6.54 Å². The highest BCUT2D eigenvalue weighted by atomic mass is 15.1. The molecule has 1 rings (SSSR count). The summed E-state index contributed by atoms with van der Waals surface area (Å²) in [7, 11) is 1.98. The molecule has 86 valence electrons. The van der Waals surface area contributed by atoms with Gasteiger partial charge in [0, 0.05) is 6.54 Å². The van der Waals surface area contributed by atoms with E-state index < -0.39 is 0 Å². The van der Waals surface area contributed by atoms with Gasteiger partial charge >= 0.3 is 0 Å². The van der Waals surface area contributed by atoms with E-state index in [4.69, 9.17) is 5.26 Å². The van der Waals surface area contributed by atoms with Gasteiger partial charge in [-0.15, -0.1) is 0 Å². The molecule has 0 saturated heterocycles. The summed E-state index contributed by atoms with van der Waals surface area (Å²) in [6, 6.07) is 11.0. The number of nitrogens with zero attached hydrogens (tertiary/aromatic N) is 2. The van der Waals surface area contributed by atoms with E-state index >= 15 is 0 Å². The molecule has 1 aromatic rings. The minimum absolute atomic E-state index is 0.508. The highest BCUT2D eigenvalue weighted by Crippen LogP contribution is 2.07. The molecule has 0 bridgehead atoms. The Kier molecular flexibility index (Phi) is 5.60. The van der Waals surface area contributed by atoms with Gasteiger partial charge in [0.2, 0.25) is 0 Å². The fourth-order valence-electron chi connectivity index (χ4n) is 1.68. The van der Waals surface area contributed by atoms with Gasteiger partial charge in [0.05, 0.1) is 12.6 Å². The van der Waals surface area contributed by atoms with Crippen molar-refractivity contribution < 1.29 is 0 Å². The van der Waals surface area contributed by atoms with Crippen LogP contribution in [0, 0.1) is 11.3 Å². The van der Waals surface area contributed by atoms with Crippen LogP contribution in [-0.4, -0.2) is 25.0 Å². The van der Waals surface area contributed by atoms with Crippen LogP contribution in [0.1, 0.15) is 24.5 Å². The Morgan fingerprint density at radius 3 is 2.19 bits per heavy atom. The maximum atomic E-state index is 8.54. The van der Waals surface area contributed by atoms with Crippen LogP contribution in [0.25, 0.3) is 0 Å². The van der Waals surface area contributed by atoms with E-state index in [1.165, 1.54) is 17.5 Å². The van der Waals surface area contributed by atoms with Gasteiger partial charge in [0.15, 0.2) is 0 Å². The van der Waals surface area contributed by atoms with Crippen LogP contribution in [0.2, 0.25) is 0 Å². The lowest BCUT2D eigenvalue weighted by atomic mass is 10.1. The molecule has 0 unspecified atom stereocenters. The molecule has 16 heavy (non-hydrogen) atoms. The Labute approximate surface area is 98.5 Å². The number of hydrogen-bond donors (Lipinski definition) is 0. The zero-order valence-electron chi connectivity index (χ0n) is 10.2. The van der Waals surface area contributed by atoms with Gasteiger partial charge < -0.3 is 0 Å². The van der Waals surface area contributed by atoms with Crippen LogP contribution in [0.4, 0.5) is 0 Å². The van der Waals surface area contributed by atoms with Crippen LogP contribution in [0.5, 0.6) is 0 Å². The average Bonchev–Trinajstić information content (AvgIpc) is 2.29. The second kappa shape index (κ2) is 7.03. The lowest BCUT2D eigenvalue weighted by molar-refractivity contribution is 0.379. The monoisotopic (exact) mass is 216 g/mol. The molecular weight excluding hydrogens is 196 g/mol. The van der Waals surface area contributed by atoms with Crippen molar-refractivity contribution in [3.63, 3.8) is 0 Å². The molecule has 2 nitrogen and oxygen atoms in total. The third-order valence-corrected chi connectivity index (χ3v) is 2.68. The molecule has 0 aliphatic rings. The summed E-state index contributed by atoms with van der Waals surface area (Å²) in [5.41, 5.74) is 2.77. The van der Waals surface area contributed by atoms with Gasteiger partial charge in [-0.1, -0.05) is 37.6 Å². The molecular formula is C14H20N2. The predicted molar refractivity (Wildman–Crippen MR) is 67.3 cm³/mol. The van der Waals surface area contributed by atoms with Gasteiger partial charge in [0.1, 0.15) is 0 Å². The molecule has 0 radical (unpaired) electrons. The fourth-order valence-corrected chi connectivity index (χ4v) is 1.68. The van der Waals surface area contributed by atoms with Crippen molar-refractivity contribution in [1.29, 1.82) is 5.26 Å². The highest BCUT2D eigenvalue weighted by molar-refractivity contribution is 5.22. The summed E-state index contributed by atoms with van der Waals surface area (Å²) < 4.78 is 0. The van der Waals surface area contributed by atoms with Crippen LogP contribution in [0.15, 0.2) is 24.3 Å². The number of benzene rings is 1. The van der Waals surface area contributed by atoms with Crippen molar-refractivity contribution >= 4 is 0 Å². The summed E-state index contributed by atoms with van der Waals surface area (Å²) in [6.45, 7) is 3.65. The number of aryl methyl sites for hydroxylation is 1. The van der Waals surface area contributed by atoms with E-state index in [1.54, 1.807) is 0 Å². The largest absolute Gasteiger partial charge is 0.293 e. The Balaban J connectivity index is 2.40. The Morgan fingerprint density at radius 2 is 1.69 bits per heavy atom. The average molecular weight is 216 g/mol. The molecule has 0 aliphatic heterocycles. The van der Waals surface area contributed by atoms with E-state index in [0.717, 1.165) is 19.4 Å². The maximum absolute atomic E-state index is 8.54. The number of likely N-dealkylation sites (N-methyl/N-ethyl adjacent to an activating group) is 1. The molecule has 0 N–H and O–H groups in total. The lowest BCUT2D eigenvalue weighted by Gasteiger charge is -2.12. The van der Waals surface area contributed by atoms with Crippen molar-refractivity contribution in [1.82, 2.24) is 4.90 Å². The molecule has 0 spiro atoms. The van der Waals surface area contributed by atoms with Crippen molar-refractivity contribution in [3.05, 3.63) is 35.4 Å². The normalized spacial score (nSPS) is 10.4. The Hall–Kier alpha value is -1.33. The quantitative estimate of drug-likeness (QED) is 0.683. The van der Waals surface area contributed by atoms with E-state index in [2.05, 4.69) is 37.3 Å². The van der Waals surface area contributed by atoms with Crippen molar-refractivity contribution in [2.45, 2.75) is 26.2 Å². The van der Waals surface area contributed by atoms with Crippen LogP contribution >= 0.6 is 0 Å². The minimum atomic E-state index is 0.508. The Morgan fingerprint density at radius 1 is 1.12 bits per heavy atom. The van der Waals surface area contributed by atoms with E-state index in [9.17, 15) is 0 Å². The van der Waals surface area contributed by atoms with Gasteiger partial charge in [-0.2, -0.15) is 5.26 Å². The standard InChI is InChI=1S/C14H20N2/c1-3-4-13-5-7-14(8-6-13)9-11-16(2)12-10-15/h5-8H,3-4,9,11-12H2,1-2H3. The molecule has 0 aromatic heterocycles. The number of nitriles is 1. The third-order valence-electron chi connectivity index (χ3n) is 2.68. The Bertz CT molecular complexity index is 335. The zero-order chi connectivity index (χ0) is 11.8. The molecule has 0 heterocycles. The second-order valence-electron chi connectivity index (χ2n) is 4.21. The second-order valence-corrected chi connectivity index (χ2v) is 4.21. The van der Waals surface area contributed by atoms with Gasteiger partial charge in [-0.05, 0) is 31.0 Å². The molecule has 0 amide bonds. The fraction of sp³-hybridized carbons (Fsp3) is 0.500. The topological polar surface area (TPSA) is 27.0 Å². The lowest BCUT2D eigenvalue weighted by Crippen LogP contribution is -2.21. The molecule has 0 fully saturated rings. The third kappa shape index (κ3) is 4.46. The van der Waals surface area contributed by atoms with Gasteiger partial charge in [-0.3, -0.25) is 4.90 Å². The highest BCUT2D eigenvalue weighted by Gasteiger charge is 1.98. The molecule has 0 aliphatic carbocycles. The summed E-state index contributed by atoms with van der Waals surface area (Å²) >= 11 is 0. The van der Waals surface area contributed by atoms with Crippen LogP contribution < -0.4 is 0 Å². The minimum Gasteiger partial charge on any atom is -0.293 e. The van der Waals surface area contributed by atoms with Crippen LogP contribution in [0.3, 0.4) is 0 Å². The first-order valence-corrected chi connectivity index (χ1v) is 5.89. The first kappa shape index (κ1) is 12.7. The summed E-state index contributed by atoms with van der Waals surface area (Å²) in [5.74, 6) is 0. The van der Waals surface area contributed by atoms with Crippen LogP contribution in [-0.2, 0) is 12.8 Å². The first-order valence-electron chi connectivity index (χ1n) is 5.89. The number of rotatable bonds is 6. The van der Waals surface area contributed by atoms with Crippen molar-refractivity contribution in [2.75, 3.05) is 20.1 Å². The zero-order valence-corrected chi connectivity index (χ0v) is 10.2. The summed E-state index contributed by atoms with van der Waals surface area (Å²) in [6.07, 6.45) is 3.38.